The van der Waals surface area contributed by atoms with Crippen molar-refractivity contribution in [2.45, 2.75) is 45.1 Å². The summed E-state index contributed by atoms with van der Waals surface area (Å²) < 4.78 is 0. The van der Waals surface area contributed by atoms with E-state index < -0.39 is 0 Å². The Hall–Kier alpha value is -3.24. The quantitative estimate of drug-likeness (QED) is 0.401. The number of amides is 1. The summed E-state index contributed by atoms with van der Waals surface area (Å²) >= 11 is 0. The highest BCUT2D eigenvalue weighted by atomic mass is 16.2. The maximum atomic E-state index is 13.0. The van der Waals surface area contributed by atoms with Crippen LogP contribution < -0.4 is 0 Å². The van der Waals surface area contributed by atoms with E-state index in [9.17, 15) is 9.59 Å². The van der Waals surface area contributed by atoms with Gasteiger partial charge in [0.05, 0.1) is 0 Å². The van der Waals surface area contributed by atoms with Crippen LogP contribution in [0.5, 0.6) is 0 Å². The monoisotopic (exact) mass is 480 g/mol. The van der Waals surface area contributed by atoms with Crippen molar-refractivity contribution in [1.29, 1.82) is 0 Å². The standard InChI is InChI=1S/C32H36N2O2/c35-31(14-11-25-15-21-34(22-16-25)32(36)28-9-5-2-6-10-28)30-13-12-27-17-19-33(20-18-29(27)23-30)24-26-7-3-1-4-8-26/h1-10,12-13,23,25H,11,14-22,24H2. The maximum absolute atomic E-state index is 13.0. The van der Waals surface area contributed by atoms with Gasteiger partial charge in [-0.1, -0.05) is 60.7 Å². The van der Waals surface area contributed by atoms with Gasteiger partial charge < -0.3 is 4.90 Å². The zero-order valence-electron chi connectivity index (χ0n) is 21.1. The van der Waals surface area contributed by atoms with E-state index in [0.29, 0.717) is 12.3 Å². The Kier molecular flexibility index (Phi) is 7.92. The molecule has 1 saturated heterocycles. The third-order valence-corrected chi connectivity index (χ3v) is 7.87. The topological polar surface area (TPSA) is 40.6 Å². The molecule has 3 aromatic rings. The van der Waals surface area contributed by atoms with E-state index in [2.05, 4.69) is 47.4 Å². The van der Waals surface area contributed by atoms with Crippen LogP contribution in [0, 0.1) is 5.92 Å². The van der Waals surface area contributed by atoms with Gasteiger partial charge in [0.15, 0.2) is 5.78 Å². The van der Waals surface area contributed by atoms with Gasteiger partial charge in [-0.05, 0) is 72.9 Å². The molecule has 2 aliphatic rings. The molecule has 186 valence electrons. The van der Waals surface area contributed by atoms with E-state index in [0.717, 1.165) is 76.0 Å². The van der Waals surface area contributed by atoms with Crippen LogP contribution in [-0.4, -0.2) is 47.7 Å². The highest BCUT2D eigenvalue weighted by Gasteiger charge is 2.24. The van der Waals surface area contributed by atoms with Crippen molar-refractivity contribution in [3.05, 3.63) is 107 Å². The molecule has 0 aliphatic carbocycles. The fourth-order valence-electron chi connectivity index (χ4n) is 5.61. The Bertz CT molecular complexity index is 1170. The number of fused-ring (bicyclic) bond motifs is 1. The Morgan fingerprint density at radius 1 is 0.722 bits per heavy atom. The Morgan fingerprint density at radius 2 is 1.39 bits per heavy atom. The number of nitrogens with zero attached hydrogens (tertiary/aromatic N) is 2. The predicted octanol–water partition coefficient (Wildman–Crippen LogP) is 5.80. The number of Topliss-reactive ketones (excluding diaryl/α,β-unsaturated/α-hetero) is 1. The van der Waals surface area contributed by atoms with Gasteiger partial charge in [-0.15, -0.1) is 0 Å². The van der Waals surface area contributed by atoms with Gasteiger partial charge in [0.1, 0.15) is 0 Å². The first-order chi connectivity index (χ1) is 17.7. The molecular weight excluding hydrogens is 444 g/mol. The lowest BCUT2D eigenvalue weighted by atomic mass is 9.89. The molecule has 1 amide bonds. The van der Waals surface area contributed by atoms with Crippen LogP contribution in [0.4, 0.5) is 0 Å². The van der Waals surface area contributed by atoms with Gasteiger partial charge in [-0.2, -0.15) is 0 Å². The number of rotatable bonds is 7. The lowest BCUT2D eigenvalue weighted by Gasteiger charge is -2.32. The smallest absolute Gasteiger partial charge is 0.253 e. The summed E-state index contributed by atoms with van der Waals surface area (Å²) in [5.41, 5.74) is 5.70. The number of piperidine rings is 1. The summed E-state index contributed by atoms with van der Waals surface area (Å²) in [6, 6.07) is 26.6. The van der Waals surface area contributed by atoms with Crippen molar-refractivity contribution in [3.63, 3.8) is 0 Å². The molecule has 36 heavy (non-hydrogen) atoms. The number of carbonyl (C=O) groups excluding carboxylic acids is 2. The zero-order chi connectivity index (χ0) is 24.7. The molecule has 0 N–H and O–H groups in total. The molecule has 3 aromatic carbocycles. The van der Waals surface area contributed by atoms with Gasteiger partial charge in [-0.25, -0.2) is 0 Å². The van der Waals surface area contributed by atoms with Crippen LogP contribution in [0.3, 0.4) is 0 Å². The molecule has 4 nitrogen and oxygen atoms in total. The summed E-state index contributed by atoms with van der Waals surface area (Å²) in [4.78, 5) is 30.2. The molecule has 2 aliphatic heterocycles. The van der Waals surface area contributed by atoms with Crippen LogP contribution in [0.15, 0.2) is 78.9 Å². The molecule has 0 atom stereocenters. The molecule has 1 fully saturated rings. The molecule has 0 unspecified atom stereocenters. The van der Waals surface area contributed by atoms with Crippen molar-refractivity contribution in [2.75, 3.05) is 26.2 Å². The van der Waals surface area contributed by atoms with Crippen LogP contribution in [0.25, 0.3) is 0 Å². The number of ketones is 1. The molecule has 0 spiro atoms. The second kappa shape index (κ2) is 11.7. The largest absolute Gasteiger partial charge is 0.339 e. The third-order valence-electron chi connectivity index (χ3n) is 7.87. The average Bonchev–Trinajstić information content (AvgIpc) is 3.14. The zero-order valence-corrected chi connectivity index (χ0v) is 21.1. The van der Waals surface area contributed by atoms with Gasteiger partial charge in [0.25, 0.3) is 5.91 Å². The van der Waals surface area contributed by atoms with E-state index in [1.807, 2.05) is 41.3 Å². The van der Waals surface area contributed by atoms with Crippen LogP contribution >= 0.6 is 0 Å². The lowest BCUT2D eigenvalue weighted by Crippen LogP contribution is -2.38. The SMILES string of the molecule is O=C(CCC1CCN(C(=O)c2ccccc2)CC1)c1ccc2c(c1)CCN(Cc1ccccc1)CC2. The first-order valence-electron chi connectivity index (χ1n) is 13.4. The van der Waals surface area contributed by atoms with Crippen LogP contribution in [0.2, 0.25) is 0 Å². The number of hydrogen-bond acceptors (Lipinski definition) is 3. The van der Waals surface area contributed by atoms with E-state index in [-0.39, 0.29) is 11.7 Å². The van der Waals surface area contributed by atoms with Crippen LogP contribution in [0.1, 0.15) is 63.1 Å². The molecule has 0 aromatic heterocycles. The summed E-state index contributed by atoms with van der Waals surface area (Å²) in [6.45, 7) is 4.63. The first-order valence-corrected chi connectivity index (χ1v) is 13.4. The second-order valence-electron chi connectivity index (χ2n) is 10.3. The minimum Gasteiger partial charge on any atom is -0.339 e. The molecule has 5 rings (SSSR count). The Balaban J connectivity index is 1.10. The lowest BCUT2D eigenvalue weighted by molar-refractivity contribution is 0.0681. The maximum Gasteiger partial charge on any atom is 0.253 e. The van der Waals surface area contributed by atoms with Gasteiger partial charge in [0, 0.05) is 50.3 Å². The minimum atomic E-state index is 0.123. The number of hydrogen-bond donors (Lipinski definition) is 0. The minimum absolute atomic E-state index is 0.123. The predicted molar refractivity (Wildman–Crippen MR) is 144 cm³/mol. The summed E-state index contributed by atoms with van der Waals surface area (Å²) in [7, 11) is 0. The molecule has 0 bridgehead atoms. The summed E-state index contributed by atoms with van der Waals surface area (Å²) in [5, 5.41) is 0. The van der Waals surface area contributed by atoms with E-state index >= 15 is 0 Å². The highest BCUT2D eigenvalue weighted by Crippen LogP contribution is 2.25. The molecule has 0 saturated carbocycles. The van der Waals surface area contributed by atoms with E-state index in [1.165, 1.54) is 16.7 Å². The average molecular weight is 481 g/mol. The molecule has 2 heterocycles. The van der Waals surface area contributed by atoms with Crippen molar-refractivity contribution < 1.29 is 9.59 Å². The van der Waals surface area contributed by atoms with Crippen molar-refractivity contribution >= 4 is 11.7 Å². The Labute approximate surface area is 214 Å². The van der Waals surface area contributed by atoms with Crippen LogP contribution in [-0.2, 0) is 19.4 Å². The first kappa shape index (κ1) is 24.5. The third kappa shape index (κ3) is 6.11. The fraction of sp³-hybridized carbons (Fsp3) is 0.375. The number of carbonyl (C=O) groups is 2. The number of benzene rings is 3. The highest BCUT2D eigenvalue weighted by molar-refractivity contribution is 5.96. The molecule has 4 heteroatoms. The van der Waals surface area contributed by atoms with Crippen molar-refractivity contribution in [2.24, 2.45) is 5.92 Å². The van der Waals surface area contributed by atoms with Gasteiger partial charge >= 0.3 is 0 Å². The van der Waals surface area contributed by atoms with Gasteiger partial charge in [-0.3, -0.25) is 14.5 Å². The Morgan fingerprint density at radius 3 is 2.11 bits per heavy atom. The fourth-order valence-corrected chi connectivity index (χ4v) is 5.61. The van der Waals surface area contributed by atoms with Crippen molar-refractivity contribution in [1.82, 2.24) is 9.80 Å². The van der Waals surface area contributed by atoms with E-state index in [4.69, 9.17) is 0 Å². The summed E-state index contributed by atoms with van der Waals surface area (Å²) in [6.07, 6.45) is 5.50. The second-order valence-corrected chi connectivity index (χ2v) is 10.3. The van der Waals surface area contributed by atoms with E-state index in [1.54, 1.807) is 0 Å². The molecule has 0 radical (unpaired) electrons. The molecular formula is C32H36N2O2. The van der Waals surface area contributed by atoms with Gasteiger partial charge in [0.2, 0.25) is 0 Å². The van der Waals surface area contributed by atoms with Crippen molar-refractivity contribution in [3.8, 4) is 0 Å². The number of likely N-dealkylation sites (tertiary alicyclic amines) is 1. The normalized spacial score (nSPS) is 16.8. The summed E-state index contributed by atoms with van der Waals surface area (Å²) in [5.74, 6) is 0.893.